The second kappa shape index (κ2) is 43.9. The highest BCUT2D eigenvalue weighted by Crippen LogP contribution is 2.43. The Kier molecular flexibility index (Phi) is 42.6. The topological polar surface area (TPSA) is 172 Å². The minimum Gasteiger partial charge on any atom is -0.480 e. The number of esters is 2. The molecule has 0 saturated carbocycles. The molecule has 0 radical (unpaired) electrons. The lowest BCUT2D eigenvalue weighted by molar-refractivity contribution is -0.161. The van der Waals surface area contributed by atoms with Crippen molar-refractivity contribution in [2.45, 2.75) is 257 Å². The molecule has 0 amide bonds. The number of carboxylic acids is 1. The zero-order chi connectivity index (χ0) is 44.2. The summed E-state index contributed by atoms with van der Waals surface area (Å²) in [6.45, 7) is 2.84. The van der Waals surface area contributed by atoms with Crippen molar-refractivity contribution in [3.63, 3.8) is 0 Å². The van der Waals surface area contributed by atoms with Crippen LogP contribution in [0.4, 0.5) is 0 Å². The molecule has 0 rings (SSSR count). The summed E-state index contributed by atoms with van der Waals surface area (Å²) in [7, 11) is -4.71. The fraction of sp³-hybridized carbons (Fsp3) is 0.896. The van der Waals surface area contributed by atoms with E-state index in [9.17, 15) is 23.8 Å². The van der Waals surface area contributed by atoms with E-state index >= 15 is 0 Å². The molecule has 0 saturated heterocycles. The molecule has 4 N–H and O–H groups in total. The summed E-state index contributed by atoms with van der Waals surface area (Å²) in [5, 5.41) is 8.91. The molecule has 0 bridgehead atoms. The van der Waals surface area contributed by atoms with E-state index in [4.69, 9.17) is 24.8 Å². The van der Waals surface area contributed by atoms with Crippen molar-refractivity contribution in [1.29, 1.82) is 0 Å². The van der Waals surface area contributed by atoms with Crippen molar-refractivity contribution in [2.75, 3.05) is 19.8 Å². The van der Waals surface area contributed by atoms with Crippen molar-refractivity contribution in [1.82, 2.24) is 0 Å². The van der Waals surface area contributed by atoms with Gasteiger partial charge in [-0.15, -0.1) is 0 Å². The first-order valence-corrected chi connectivity index (χ1v) is 26.2. The van der Waals surface area contributed by atoms with Gasteiger partial charge in [0.05, 0.1) is 13.2 Å². The quantitative estimate of drug-likeness (QED) is 0.0230. The van der Waals surface area contributed by atoms with Gasteiger partial charge in [-0.3, -0.25) is 23.4 Å². The van der Waals surface area contributed by atoms with Crippen LogP contribution in [-0.4, -0.2) is 59.9 Å². The van der Waals surface area contributed by atoms with Crippen LogP contribution in [0.15, 0.2) is 12.2 Å². The van der Waals surface area contributed by atoms with E-state index < -0.39 is 51.1 Å². The van der Waals surface area contributed by atoms with Crippen LogP contribution in [0.1, 0.15) is 245 Å². The van der Waals surface area contributed by atoms with Gasteiger partial charge < -0.3 is 25.2 Å². The number of phosphoric ester groups is 1. The molecule has 3 atom stereocenters. The van der Waals surface area contributed by atoms with E-state index in [1.165, 1.54) is 167 Å². The third-order valence-corrected chi connectivity index (χ3v) is 12.0. The number of carbonyl (C=O) groups excluding carboxylic acids is 2. The molecule has 0 heterocycles. The van der Waals surface area contributed by atoms with Crippen LogP contribution in [0.25, 0.3) is 0 Å². The lowest BCUT2D eigenvalue weighted by Crippen LogP contribution is -2.34. The highest BCUT2D eigenvalue weighted by molar-refractivity contribution is 7.47. The first kappa shape index (κ1) is 58.2. The second-order valence-electron chi connectivity index (χ2n) is 17.0. The molecular weight excluding hydrogens is 781 g/mol. The number of hydrogen-bond acceptors (Lipinski definition) is 9. The summed E-state index contributed by atoms with van der Waals surface area (Å²) in [5.74, 6) is -2.36. The van der Waals surface area contributed by atoms with Gasteiger partial charge in [-0.1, -0.05) is 206 Å². The molecule has 12 heteroatoms. The molecule has 354 valence electrons. The minimum absolute atomic E-state index is 0.165. The Morgan fingerprint density at radius 2 is 0.833 bits per heavy atom. The summed E-state index contributed by atoms with van der Waals surface area (Å²) >= 11 is 0. The molecule has 0 aromatic rings. The Morgan fingerprint density at radius 3 is 1.22 bits per heavy atom. The standard InChI is InChI=1S/C48H92NO10P/c1-3-5-7-9-11-13-15-17-19-20-21-22-23-24-26-28-30-32-34-36-38-40-47(51)59-44(42-57-60(54,55)58-43-45(49)48(52)53)41-56-46(50)39-37-35-33-31-29-27-25-18-16-14-12-10-8-6-4-2/h17,19,44-45H,3-16,18,20-43,49H2,1-2H3,(H,52,53)(H,54,55)/b19-17+/t44-,45-/m0/s1. The number of carbonyl (C=O) groups is 3. The van der Waals surface area contributed by atoms with Crippen molar-refractivity contribution in [3.8, 4) is 0 Å². The smallest absolute Gasteiger partial charge is 0.472 e. The first-order valence-electron chi connectivity index (χ1n) is 24.7. The molecule has 60 heavy (non-hydrogen) atoms. The van der Waals surface area contributed by atoms with Crippen molar-refractivity contribution >= 4 is 25.7 Å². The number of unbranched alkanes of at least 4 members (excludes halogenated alkanes) is 31. The predicted octanol–water partition coefficient (Wildman–Crippen LogP) is 13.6. The largest absolute Gasteiger partial charge is 0.480 e. The summed E-state index contributed by atoms with van der Waals surface area (Å²) in [4.78, 5) is 46.1. The van der Waals surface area contributed by atoms with Gasteiger partial charge in [0.15, 0.2) is 6.10 Å². The van der Waals surface area contributed by atoms with Gasteiger partial charge in [0, 0.05) is 12.8 Å². The Bertz CT molecular complexity index is 1070. The molecule has 0 aromatic carbocycles. The van der Waals surface area contributed by atoms with E-state index in [1.54, 1.807) is 0 Å². The zero-order valence-corrected chi connectivity index (χ0v) is 39.5. The van der Waals surface area contributed by atoms with Crippen molar-refractivity contribution in [3.05, 3.63) is 12.2 Å². The lowest BCUT2D eigenvalue weighted by atomic mass is 10.0. The summed E-state index contributed by atoms with van der Waals surface area (Å²) in [6, 6.07) is -1.52. The summed E-state index contributed by atoms with van der Waals surface area (Å²) < 4.78 is 32.8. The highest BCUT2D eigenvalue weighted by Gasteiger charge is 2.28. The Morgan fingerprint density at radius 1 is 0.500 bits per heavy atom. The fourth-order valence-electron chi connectivity index (χ4n) is 7.12. The van der Waals surface area contributed by atoms with Crippen LogP contribution in [0.5, 0.6) is 0 Å². The molecule has 1 unspecified atom stereocenters. The monoisotopic (exact) mass is 874 g/mol. The number of aliphatic carboxylic acids is 1. The maximum Gasteiger partial charge on any atom is 0.472 e. The van der Waals surface area contributed by atoms with Gasteiger partial charge in [-0.2, -0.15) is 0 Å². The van der Waals surface area contributed by atoms with Crippen LogP contribution >= 0.6 is 7.82 Å². The van der Waals surface area contributed by atoms with E-state index in [1.807, 2.05) is 0 Å². The number of rotatable bonds is 47. The van der Waals surface area contributed by atoms with Crippen LogP contribution < -0.4 is 5.73 Å². The van der Waals surface area contributed by atoms with E-state index in [2.05, 4.69) is 30.5 Å². The maximum absolute atomic E-state index is 12.7. The third-order valence-electron chi connectivity index (χ3n) is 11.0. The molecule has 0 aliphatic heterocycles. The molecule has 0 aliphatic rings. The van der Waals surface area contributed by atoms with Gasteiger partial charge in [0.25, 0.3) is 0 Å². The molecule has 0 fully saturated rings. The van der Waals surface area contributed by atoms with E-state index in [0.29, 0.717) is 12.8 Å². The second-order valence-corrected chi connectivity index (χ2v) is 18.4. The minimum atomic E-state index is -4.71. The van der Waals surface area contributed by atoms with E-state index in [-0.39, 0.29) is 19.4 Å². The summed E-state index contributed by atoms with van der Waals surface area (Å²) in [6.07, 6.45) is 45.6. The Labute approximate surface area is 367 Å². The fourth-order valence-corrected chi connectivity index (χ4v) is 7.90. The van der Waals surface area contributed by atoms with Crippen molar-refractivity contribution in [2.24, 2.45) is 5.73 Å². The van der Waals surface area contributed by atoms with Crippen LogP contribution in [0.3, 0.4) is 0 Å². The average molecular weight is 874 g/mol. The van der Waals surface area contributed by atoms with Gasteiger partial charge in [-0.25, -0.2) is 4.57 Å². The van der Waals surface area contributed by atoms with Crippen LogP contribution in [-0.2, 0) is 37.5 Å². The van der Waals surface area contributed by atoms with Crippen molar-refractivity contribution < 1.29 is 47.5 Å². The molecule has 0 spiro atoms. The molecule has 11 nitrogen and oxygen atoms in total. The number of nitrogens with two attached hydrogens (primary N) is 1. The number of phosphoric acid groups is 1. The Hall–Kier alpha value is -1.78. The maximum atomic E-state index is 12.7. The van der Waals surface area contributed by atoms with E-state index in [0.717, 1.165) is 38.5 Å². The lowest BCUT2D eigenvalue weighted by Gasteiger charge is -2.20. The first-order chi connectivity index (χ1) is 29.1. The predicted molar refractivity (Wildman–Crippen MR) is 245 cm³/mol. The molecule has 0 aliphatic carbocycles. The van der Waals surface area contributed by atoms with Gasteiger partial charge in [0.1, 0.15) is 12.6 Å². The summed E-state index contributed by atoms with van der Waals surface area (Å²) in [5.41, 5.74) is 5.35. The normalized spacial score (nSPS) is 13.7. The van der Waals surface area contributed by atoms with Gasteiger partial charge in [-0.05, 0) is 38.5 Å². The molecular formula is C48H92NO10P. The number of ether oxygens (including phenoxy) is 2. The van der Waals surface area contributed by atoms with Crippen LogP contribution in [0, 0.1) is 0 Å². The Balaban J connectivity index is 4.23. The highest BCUT2D eigenvalue weighted by atomic mass is 31.2. The molecule has 0 aromatic heterocycles. The van der Waals surface area contributed by atoms with Gasteiger partial charge in [0.2, 0.25) is 0 Å². The zero-order valence-electron chi connectivity index (χ0n) is 38.6. The number of allylic oxidation sites excluding steroid dienone is 2. The average Bonchev–Trinajstić information content (AvgIpc) is 3.22. The van der Waals surface area contributed by atoms with Gasteiger partial charge >= 0.3 is 25.7 Å². The van der Waals surface area contributed by atoms with Crippen LogP contribution in [0.2, 0.25) is 0 Å². The third kappa shape index (κ3) is 42.9. The number of carboxylic acid groups (broad SMARTS) is 1. The SMILES string of the molecule is CCCCCCCC/C=C/CCCCCCCCCCCCCC(=O)O[C@@H](COC(=O)CCCCCCCCCCCCCCCCC)COP(=O)(O)OC[C@H](N)C(=O)O. The number of hydrogen-bond donors (Lipinski definition) is 3.